The Bertz CT molecular complexity index is 1520. The molecule has 9 nitrogen and oxygen atoms in total. The summed E-state index contributed by atoms with van der Waals surface area (Å²) in [7, 11) is 1.58. The van der Waals surface area contributed by atoms with E-state index in [0.29, 0.717) is 28.1 Å². The van der Waals surface area contributed by atoms with Crippen LogP contribution >= 0.6 is 11.8 Å². The van der Waals surface area contributed by atoms with E-state index in [-0.39, 0.29) is 17.4 Å². The number of carbonyl (C=O) groups is 1. The van der Waals surface area contributed by atoms with Crippen molar-refractivity contribution in [3.8, 4) is 28.6 Å². The molecule has 3 aromatic carbocycles. The molecule has 0 aliphatic carbocycles. The molecule has 1 aromatic heterocycles. The third-order valence-corrected chi connectivity index (χ3v) is 6.36. The van der Waals surface area contributed by atoms with Crippen LogP contribution in [0.15, 0.2) is 89.3 Å². The van der Waals surface area contributed by atoms with Gasteiger partial charge in [-0.1, -0.05) is 36.0 Å². The molecule has 0 radical (unpaired) electrons. The number of halogens is 3. The Kier molecular flexibility index (Phi) is 7.32. The van der Waals surface area contributed by atoms with Crippen LogP contribution in [-0.2, 0) is 4.79 Å². The maximum absolute atomic E-state index is 12.4. The average molecular weight is 553 g/mol. The maximum atomic E-state index is 12.4. The van der Waals surface area contributed by atoms with Gasteiger partial charge in [0.05, 0.1) is 30.5 Å². The lowest BCUT2D eigenvalue weighted by atomic mass is 10.1. The van der Waals surface area contributed by atoms with E-state index < -0.39 is 6.36 Å². The number of alkyl halides is 3. The molecule has 5 rings (SSSR count). The van der Waals surface area contributed by atoms with E-state index in [4.69, 9.17) is 4.74 Å². The molecule has 0 unspecified atom stereocenters. The molecule has 1 amide bonds. The number of aromatic nitrogens is 3. The zero-order valence-electron chi connectivity index (χ0n) is 20.2. The summed E-state index contributed by atoms with van der Waals surface area (Å²) in [5.41, 5.74) is 2.71. The predicted octanol–water partition coefficient (Wildman–Crippen LogP) is 5.31. The molecule has 0 N–H and O–H groups in total. The maximum Gasteiger partial charge on any atom is 0.573 e. The van der Waals surface area contributed by atoms with Crippen LogP contribution < -0.4 is 14.4 Å². The van der Waals surface area contributed by atoms with Gasteiger partial charge in [-0.15, -0.1) is 23.4 Å². The van der Waals surface area contributed by atoms with E-state index in [1.165, 1.54) is 51.9 Å². The monoisotopic (exact) mass is 552 g/mol. The number of ether oxygens (including phenoxy) is 2. The number of hydrogen-bond donors (Lipinski definition) is 0. The highest BCUT2D eigenvalue weighted by Crippen LogP contribution is 2.28. The van der Waals surface area contributed by atoms with Gasteiger partial charge in [-0.2, -0.15) is 5.10 Å². The summed E-state index contributed by atoms with van der Waals surface area (Å²) in [6.07, 6.45) is -1.71. The number of benzene rings is 3. The zero-order valence-corrected chi connectivity index (χ0v) is 21.1. The number of thioether (sulfide) groups is 1. The molecule has 0 atom stereocenters. The van der Waals surface area contributed by atoms with Gasteiger partial charge in [-0.25, -0.2) is 9.67 Å². The van der Waals surface area contributed by atoms with Gasteiger partial charge in [0, 0.05) is 5.56 Å². The van der Waals surface area contributed by atoms with Crippen molar-refractivity contribution in [3.63, 3.8) is 0 Å². The van der Waals surface area contributed by atoms with Crippen LogP contribution in [0.3, 0.4) is 0 Å². The summed E-state index contributed by atoms with van der Waals surface area (Å²) in [6.45, 7) is 0. The standard InChI is InChI=1S/C26H19F3N6O3S/c1-37-21-10-8-20(9-11-21)35-23(36)15-39-25(35)32-31-14-17-2-4-18(5-3-17)24-30-16-34(33-24)19-6-12-22(13-7-19)38-26(27,28)29/h2-14,16H,15H2,1H3. The molecule has 0 saturated carbocycles. The Labute approximate surface area is 224 Å². The van der Waals surface area contributed by atoms with Crippen molar-refractivity contribution in [1.29, 1.82) is 0 Å². The van der Waals surface area contributed by atoms with Crippen molar-refractivity contribution in [2.24, 2.45) is 10.2 Å². The fourth-order valence-electron chi connectivity index (χ4n) is 3.60. The molecule has 0 spiro atoms. The van der Waals surface area contributed by atoms with Crippen LogP contribution in [0.5, 0.6) is 11.5 Å². The first-order valence-electron chi connectivity index (χ1n) is 11.4. The molecule has 39 heavy (non-hydrogen) atoms. The van der Waals surface area contributed by atoms with Crippen LogP contribution in [0, 0.1) is 0 Å². The zero-order chi connectivity index (χ0) is 27.4. The number of carbonyl (C=O) groups excluding carboxylic acids is 1. The van der Waals surface area contributed by atoms with Gasteiger partial charge in [0.25, 0.3) is 0 Å². The number of methoxy groups -OCH3 is 1. The van der Waals surface area contributed by atoms with Crippen molar-refractivity contribution < 1.29 is 27.4 Å². The fourth-order valence-corrected chi connectivity index (χ4v) is 4.43. The minimum atomic E-state index is -4.75. The second-order valence-electron chi connectivity index (χ2n) is 8.02. The third kappa shape index (κ3) is 6.26. The Balaban J connectivity index is 1.25. The average Bonchev–Trinajstić information content (AvgIpc) is 3.56. The number of hydrogen-bond acceptors (Lipinski definition) is 8. The Morgan fingerprint density at radius 2 is 1.62 bits per heavy atom. The molecule has 4 aromatic rings. The van der Waals surface area contributed by atoms with Gasteiger partial charge in [-0.3, -0.25) is 9.69 Å². The van der Waals surface area contributed by atoms with E-state index in [2.05, 4.69) is 25.0 Å². The van der Waals surface area contributed by atoms with Crippen molar-refractivity contribution in [1.82, 2.24) is 14.8 Å². The highest BCUT2D eigenvalue weighted by molar-refractivity contribution is 8.15. The van der Waals surface area contributed by atoms with Gasteiger partial charge in [-0.05, 0) is 54.1 Å². The first kappa shape index (κ1) is 26.0. The highest BCUT2D eigenvalue weighted by Gasteiger charge is 2.31. The van der Waals surface area contributed by atoms with Gasteiger partial charge < -0.3 is 9.47 Å². The van der Waals surface area contributed by atoms with Crippen molar-refractivity contribution in [3.05, 3.63) is 84.7 Å². The number of amidine groups is 1. The quantitative estimate of drug-likeness (QED) is 0.228. The molecule has 1 fully saturated rings. The van der Waals surface area contributed by atoms with Crippen LogP contribution in [0.1, 0.15) is 5.56 Å². The second kappa shape index (κ2) is 11.0. The summed E-state index contributed by atoms with van der Waals surface area (Å²) in [4.78, 5) is 18.2. The van der Waals surface area contributed by atoms with Crippen LogP contribution in [0.4, 0.5) is 18.9 Å². The normalized spacial score (nSPS) is 14.9. The number of amides is 1. The number of rotatable bonds is 7. The lowest BCUT2D eigenvalue weighted by Crippen LogP contribution is -2.28. The summed E-state index contributed by atoms with van der Waals surface area (Å²) in [5.74, 6) is 1.00. The molecule has 13 heteroatoms. The van der Waals surface area contributed by atoms with Gasteiger partial charge in [0.2, 0.25) is 5.91 Å². The molecule has 198 valence electrons. The first-order valence-corrected chi connectivity index (χ1v) is 12.4. The van der Waals surface area contributed by atoms with E-state index in [1.54, 1.807) is 37.6 Å². The first-order chi connectivity index (χ1) is 18.8. The topological polar surface area (TPSA) is 94.2 Å². The third-order valence-electron chi connectivity index (χ3n) is 5.44. The summed E-state index contributed by atoms with van der Waals surface area (Å²) >= 11 is 1.31. The van der Waals surface area contributed by atoms with Gasteiger partial charge in [0.1, 0.15) is 17.8 Å². The van der Waals surface area contributed by atoms with Crippen molar-refractivity contribution >= 4 is 34.7 Å². The smallest absolute Gasteiger partial charge is 0.497 e. The minimum Gasteiger partial charge on any atom is -0.497 e. The second-order valence-corrected chi connectivity index (χ2v) is 8.96. The number of nitrogens with zero attached hydrogens (tertiary/aromatic N) is 6. The van der Waals surface area contributed by atoms with Crippen molar-refractivity contribution in [2.45, 2.75) is 6.36 Å². The molecular weight excluding hydrogens is 533 g/mol. The predicted molar refractivity (Wildman–Crippen MR) is 141 cm³/mol. The Morgan fingerprint density at radius 3 is 2.28 bits per heavy atom. The summed E-state index contributed by atoms with van der Waals surface area (Å²) < 4.78 is 47.6. The molecule has 2 heterocycles. The highest BCUT2D eigenvalue weighted by atomic mass is 32.2. The van der Waals surface area contributed by atoms with E-state index in [9.17, 15) is 18.0 Å². The van der Waals surface area contributed by atoms with Gasteiger partial charge in [0.15, 0.2) is 11.0 Å². The SMILES string of the molecule is COc1ccc(N2C(=O)CSC2=NN=Cc2ccc(-c3ncn(-c4ccc(OC(F)(F)F)cc4)n3)cc2)cc1. The van der Waals surface area contributed by atoms with E-state index in [0.717, 1.165) is 11.1 Å². The lowest BCUT2D eigenvalue weighted by Gasteiger charge is -2.15. The Morgan fingerprint density at radius 1 is 0.949 bits per heavy atom. The summed E-state index contributed by atoms with van der Waals surface area (Å²) in [5, 5.41) is 13.3. The molecule has 1 aliphatic heterocycles. The molecule has 1 aliphatic rings. The van der Waals surface area contributed by atoms with E-state index >= 15 is 0 Å². The lowest BCUT2D eigenvalue weighted by molar-refractivity contribution is -0.274. The van der Waals surface area contributed by atoms with Crippen molar-refractivity contribution in [2.75, 3.05) is 17.8 Å². The minimum absolute atomic E-state index is 0.0824. The largest absolute Gasteiger partial charge is 0.573 e. The molecule has 1 saturated heterocycles. The molecular formula is C26H19F3N6O3S. The Hall–Kier alpha value is -4.65. The van der Waals surface area contributed by atoms with Crippen LogP contribution in [0.25, 0.3) is 17.1 Å². The van der Waals surface area contributed by atoms with Crippen LogP contribution in [0.2, 0.25) is 0 Å². The summed E-state index contributed by atoms with van der Waals surface area (Å²) in [6, 6.07) is 19.7. The number of anilines is 1. The van der Waals surface area contributed by atoms with E-state index in [1.807, 2.05) is 24.3 Å². The van der Waals surface area contributed by atoms with Crippen LogP contribution in [-0.4, -0.2) is 51.3 Å². The molecule has 0 bridgehead atoms. The fraction of sp³-hybridized carbons (Fsp3) is 0.115. The van der Waals surface area contributed by atoms with Gasteiger partial charge >= 0.3 is 6.36 Å².